The molecule has 2 rings (SSSR count). The minimum atomic E-state index is -0.762. The lowest BCUT2D eigenvalue weighted by Gasteiger charge is -2.28. The number of fused-ring (bicyclic) bond motifs is 1. The third-order valence-electron chi connectivity index (χ3n) is 4.00. The standard InChI is InChI=1S/C19H25N3O3/c1-6-7-12-22-14-11-9-8-10-13(14)15(21-22)17(23)20-16(18(24)25-5)19(2,3)4/h6,8-11,16H,1,7,12H2,2-5H3,(H,20,23)/t16-/m1/s1. The van der Waals surface area contributed by atoms with Crippen molar-refractivity contribution in [1.29, 1.82) is 0 Å². The van der Waals surface area contributed by atoms with Gasteiger partial charge < -0.3 is 10.1 Å². The highest BCUT2D eigenvalue weighted by molar-refractivity contribution is 6.06. The molecule has 1 aromatic carbocycles. The summed E-state index contributed by atoms with van der Waals surface area (Å²) in [6, 6.07) is 6.78. The monoisotopic (exact) mass is 343 g/mol. The SMILES string of the molecule is C=CCCn1nc(C(=O)N[C@H](C(=O)OC)C(C)(C)C)c2ccccc21. The first kappa shape index (κ1) is 18.7. The number of nitrogens with one attached hydrogen (secondary N) is 1. The zero-order valence-corrected chi connectivity index (χ0v) is 15.2. The van der Waals surface area contributed by atoms with Crippen molar-refractivity contribution in [3.8, 4) is 0 Å². The Hall–Kier alpha value is -2.63. The fraction of sp³-hybridized carbons (Fsp3) is 0.421. The van der Waals surface area contributed by atoms with E-state index in [4.69, 9.17) is 4.74 Å². The van der Waals surface area contributed by atoms with Crippen molar-refractivity contribution >= 4 is 22.8 Å². The largest absolute Gasteiger partial charge is 0.467 e. The quantitative estimate of drug-likeness (QED) is 0.646. The van der Waals surface area contributed by atoms with Crippen LogP contribution in [0.5, 0.6) is 0 Å². The first-order valence-corrected chi connectivity index (χ1v) is 8.24. The number of carbonyl (C=O) groups is 2. The molecule has 0 saturated heterocycles. The van der Waals surface area contributed by atoms with Crippen LogP contribution in [-0.4, -0.2) is 34.8 Å². The van der Waals surface area contributed by atoms with E-state index in [9.17, 15) is 9.59 Å². The summed E-state index contributed by atoms with van der Waals surface area (Å²) >= 11 is 0. The number of hydrogen-bond donors (Lipinski definition) is 1. The number of amides is 1. The zero-order chi connectivity index (χ0) is 18.6. The van der Waals surface area contributed by atoms with Crippen LogP contribution in [0, 0.1) is 5.41 Å². The number of benzene rings is 1. The number of aromatic nitrogens is 2. The first-order valence-electron chi connectivity index (χ1n) is 8.24. The second-order valence-electron chi connectivity index (χ2n) is 6.96. The normalized spacial score (nSPS) is 12.6. The van der Waals surface area contributed by atoms with Crippen LogP contribution in [0.4, 0.5) is 0 Å². The van der Waals surface area contributed by atoms with Gasteiger partial charge in [0.15, 0.2) is 5.69 Å². The minimum absolute atomic E-state index is 0.304. The molecule has 0 saturated carbocycles. The number of rotatable bonds is 6. The molecule has 25 heavy (non-hydrogen) atoms. The second-order valence-corrected chi connectivity index (χ2v) is 6.96. The molecule has 0 aliphatic rings. The van der Waals surface area contributed by atoms with Crippen molar-refractivity contribution in [2.75, 3.05) is 7.11 Å². The predicted molar refractivity (Wildman–Crippen MR) is 97.3 cm³/mol. The van der Waals surface area contributed by atoms with E-state index in [0.717, 1.165) is 17.3 Å². The predicted octanol–water partition coefficient (Wildman–Crippen LogP) is 2.93. The number of aryl methyl sites for hydroxylation is 1. The van der Waals surface area contributed by atoms with Crippen LogP contribution in [0.3, 0.4) is 0 Å². The number of esters is 1. The van der Waals surface area contributed by atoms with Gasteiger partial charge in [0.1, 0.15) is 6.04 Å². The van der Waals surface area contributed by atoms with Crippen molar-refractivity contribution in [3.63, 3.8) is 0 Å². The molecule has 1 N–H and O–H groups in total. The average molecular weight is 343 g/mol. The Morgan fingerprint density at radius 1 is 1.36 bits per heavy atom. The molecule has 0 fully saturated rings. The van der Waals surface area contributed by atoms with Crippen LogP contribution in [0.15, 0.2) is 36.9 Å². The molecule has 1 atom stereocenters. The number of para-hydroxylation sites is 1. The summed E-state index contributed by atoms with van der Waals surface area (Å²) in [5.74, 6) is -0.866. The van der Waals surface area contributed by atoms with Gasteiger partial charge in [0.2, 0.25) is 0 Å². The topological polar surface area (TPSA) is 73.2 Å². The number of carbonyl (C=O) groups excluding carboxylic acids is 2. The molecule has 0 aliphatic carbocycles. The van der Waals surface area contributed by atoms with Crippen LogP contribution in [0.25, 0.3) is 10.9 Å². The molecule has 0 bridgehead atoms. The van der Waals surface area contributed by atoms with E-state index in [-0.39, 0.29) is 5.91 Å². The number of allylic oxidation sites excluding steroid dienone is 1. The maximum absolute atomic E-state index is 12.8. The first-order chi connectivity index (χ1) is 11.8. The van der Waals surface area contributed by atoms with Gasteiger partial charge in [-0.15, -0.1) is 6.58 Å². The average Bonchev–Trinajstić information content (AvgIpc) is 2.95. The summed E-state index contributed by atoms with van der Waals surface area (Å²) in [6.45, 7) is 9.97. The number of methoxy groups -OCH3 is 1. The van der Waals surface area contributed by atoms with Crippen molar-refractivity contribution in [2.45, 2.75) is 39.8 Å². The van der Waals surface area contributed by atoms with E-state index in [0.29, 0.717) is 12.2 Å². The van der Waals surface area contributed by atoms with Crippen LogP contribution < -0.4 is 5.32 Å². The highest BCUT2D eigenvalue weighted by atomic mass is 16.5. The fourth-order valence-corrected chi connectivity index (χ4v) is 2.63. The van der Waals surface area contributed by atoms with Gasteiger partial charge in [0, 0.05) is 11.9 Å². The highest BCUT2D eigenvalue weighted by Crippen LogP contribution is 2.23. The Kier molecular flexibility index (Phi) is 5.62. The molecule has 0 aliphatic heterocycles. The van der Waals surface area contributed by atoms with Gasteiger partial charge in [0.05, 0.1) is 12.6 Å². The third kappa shape index (κ3) is 4.07. The number of hydrogen-bond acceptors (Lipinski definition) is 4. The van der Waals surface area contributed by atoms with E-state index >= 15 is 0 Å². The van der Waals surface area contributed by atoms with Gasteiger partial charge >= 0.3 is 5.97 Å². The van der Waals surface area contributed by atoms with Crippen molar-refractivity contribution < 1.29 is 14.3 Å². The Morgan fingerprint density at radius 2 is 2.04 bits per heavy atom. The molecule has 6 nitrogen and oxygen atoms in total. The summed E-state index contributed by atoms with van der Waals surface area (Å²) in [5.41, 5.74) is 0.696. The van der Waals surface area contributed by atoms with Gasteiger partial charge in [0.25, 0.3) is 5.91 Å². The van der Waals surface area contributed by atoms with E-state index in [1.807, 2.05) is 51.1 Å². The molecule has 0 radical (unpaired) electrons. The van der Waals surface area contributed by atoms with E-state index in [1.54, 1.807) is 4.68 Å². The smallest absolute Gasteiger partial charge is 0.328 e. The Labute approximate surface area is 147 Å². The fourth-order valence-electron chi connectivity index (χ4n) is 2.63. The number of ether oxygens (including phenoxy) is 1. The molecular weight excluding hydrogens is 318 g/mol. The van der Waals surface area contributed by atoms with Gasteiger partial charge in [-0.05, 0) is 17.9 Å². The lowest BCUT2D eigenvalue weighted by Crippen LogP contribution is -2.49. The molecule has 0 unspecified atom stereocenters. The maximum Gasteiger partial charge on any atom is 0.328 e. The Balaban J connectivity index is 2.38. The summed E-state index contributed by atoms with van der Waals surface area (Å²) in [6.07, 6.45) is 2.56. The molecular formula is C19H25N3O3. The molecule has 134 valence electrons. The minimum Gasteiger partial charge on any atom is -0.467 e. The molecule has 2 aromatic rings. The molecule has 0 spiro atoms. The van der Waals surface area contributed by atoms with Crippen LogP contribution in [-0.2, 0) is 16.1 Å². The molecule has 1 heterocycles. The van der Waals surface area contributed by atoms with Crippen LogP contribution in [0.2, 0.25) is 0 Å². The van der Waals surface area contributed by atoms with Crippen molar-refractivity contribution in [1.82, 2.24) is 15.1 Å². The van der Waals surface area contributed by atoms with Crippen LogP contribution >= 0.6 is 0 Å². The highest BCUT2D eigenvalue weighted by Gasteiger charge is 2.34. The lowest BCUT2D eigenvalue weighted by atomic mass is 9.86. The number of nitrogens with zero attached hydrogens (tertiary/aromatic N) is 2. The summed E-state index contributed by atoms with van der Waals surface area (Å²) in [5, 5.41) is 7.98. The second kappa shape index (κ2) is 7.51. The van der Waals surface area contributed by atoms with Crippen molar-refractivity contribution in [3.05, 3.63) is 42.6 Å². The third-order valence-corrected chi connectivity index (χ3v) is 4.00. The summed E-state index contributed by atoms with van der Waals surface area (Å²) < 4.78 is 6.62. The van der Waals surface area contributed by atoms with Gasteiger partial charge in [-0.25, -0.2) is 4.79 Å². The molecule has 1 aromatic heterocycles. The maximum atomic E-state index is 12.8. The Bertz CT molecular complexity index is 787. The van der Waals surface area contributed by atoms with Crippen molar-refractivity contribution in [2.24, 2.45) is 5.41 Å². The summed E-state index contributed by atoms with van der Waals surface area (Å²) in [7, 11) is 1.31. The Morgan fingerprint density at radius 3 is 2.64 bits per heavy atom. The molecule has 1 amide bonds. The lowest BCUT2D eigenvalue weighted by molar-refractivity contribution is -0.145. The van der Waals surface area contributed by atoms with Gasteiger partial charge in [-0.3, -0.25) is 9.48 Å². The van der Waals surface area contributed by atoms with E-state index in [2.05, 4.69) is 17.0 Å². The van der Waals surface area contributed by atoms with Gasteiger partial charge in [-0.1, -0.05) is 45.0 Å². The van der Waals surface area contributed by atoms with E-state index in [1.165, 1.54) is 7.11 Å². The van der Waals surface area contributed by atoms with Crippen LogP contribution in [0.1, 0.15) is 37.7 Å². The van der Waals surface area contributed by atoms with E-state index < -0.39 is 17.4 Å². The van der Waals surface area contributed by atoms with Gasteiger partial charge in [-0.2, -0.15) is 5.10 Å². The molecule has 6 heteroatoms. The summed E-state index contributed by atoms with van der Waals surface area (Å²) in [4.78, 5) is 24.9. The zero-order valence-electron chi connectivity index (χ0n) is 15.2.